The van der Waals surface area contributed by atoms with Gasteiger partial charge in [-0.3, -0.25) is 0 Å². The van der Waals surface area contributed by atoms with Crippen LogP contribution in [0.1, 0.15) is 18.5 Å². The minimum atomic E-state index is 0.0312. The maximum absolute atomic E-state index is 6.19. The maximum atomic E-state index is 6.19. The van der Waals surface area contributed by atoms with Crippen molar-refractivity contribution in [1.29, 1.82) is 0 Å². The fourth-order valence-corrected chi connectivity index (χ4v) is 3.02. The Morgan fingerprint density at radius 2 is 1.63 bits per heavy atom. The summed E-state index contributed by atoms with van der Waals surface area (Å²) in [7, 11) is 0. The first-order chi connectivity index (χ1) is 8.97. The molecule has 0 heterocycles. The highest BCUT2D eigenvalue weighted by atomic mass is 79.9. The van der Waals surface area contributed by atoms with Gasteiger partial charge in [-0.05, 0) is 64.8 Å². The van der Waals surface area contributed by atoms with Crippen LogP contribution in [0.2, 0.25) is 15.1 Å². The van der Waals surface area contributed by atoms with Crippen LogP contribution in [0.4, 0.5) is 5.69 Å². The van der Waals surface area contributed by atoms with E-state index in [4.69, 9.17) is 34.8 Å². The first-order valence-electron chi connectivity index (χ1n) is 5.64. The summed E-state index contributed by atoms with van der Waals surface area (Å²) in [6.07, 6.45) is 0. The smallest absolute Gasteiger partial charge is 0.0501 e. The summed E-state index contributed by atoms with van der Waals surface area (Å²) in [4.78, 5) is 0. The molecule has 0 bridgehead atoms. The van der Waals surface area contributed by atoms with Gasteiger partial charge in [-0.1, -0.05) is 34.8 Å². The van der Waals surface area contributed by atoms with Gasteiger partial charge in [0.15, 0.2) is 0 Å². The normalized spacial score (nSPS) is 12.3. The van der Waals surface area contributed by atoms with Gasteiger partial charge in [0.1, 0.15) is 0 Å². The van der Waals surface area contributed by atoms with Crippen LogP contribution in [-0.2, 0) is 0 Å². The molecule has 2 aromatic rings. The van der Waals surface area contributed by atoms with Crippen molar-refractivity contribution in [2.24, 2.45) is 0 Å². The Hall–Kier alpha value is -0.410. The van der Waals surface area contributed by atoms with E-state index in [0.29, 0.717) is 15.1 Å². The van der Waals surface area contributed by atoms with Crippen LogP contribution in [0.5, 0.6) is 0 Å². The van der Waals surface area contributed by atoms with Gasteiger partial charge in [0, 0.05) is 25.2 Å². The minimum Gasteiger partial charge on any atom is -0.378 e. The number of hydrogen-bond acceptors (Lipinski definition) is 1. The molecule has 0 saturated carbocycles. The van der Waals surface area contributed by atoms with Crippen LogP contribution < -0.4 is 5.32 Å². The third-order valence-electron chi connectivity index (χ3n) is 2.73. The lowest BCUT2D eigenvalue weighted by Crippen LogP contribution is -2.07. The SMILES string of the molecule is CC(Nc1ccc(Cl)cc1Br)c1cc(Cl)ccc1Cl. The molecule has 0 aliphatic heterocycles. The molecule has 100 valence electrons. The van der Waals surface area contributed by atoms with Gasteiger partial charge in [0.2, 0.25) is 0 Å². The molecular formula is C14H11BrCl3N. The fourth-order valence-electron chi connectivity index (χ4n) is 1.76. The zero-order chi connectivity index (χ0) is 14.0. The average molecular weight is 380 g/mol. The van der Waals surface area contributed by atoms with Crippen LogP contribution in [-0.4, -0.2) is 0 Å². The van der Waals surface area contributed by atoms with E-state index < -0.39 is 0 Å². The van der Waals surface area contributed by atoms with E-state index in [2.05, 4.69) is 21.2 Å². The zero-order valence-electron chi connectivity index (χ0n) is 10.1. The Labute approximate surface area is 136 Å². The summed E-state index contributed by atoms with van der Waals surface area (Å²) in [5, 5.41) is 5.42. The molecule has 0 fully saturated rings. The van der Waals surface area contributed by atoms with Crippen molar-refractivity contribution in [3.63, 3.8) is 0 Å². The van der Waals surface area contributed by atoms with Gasteiger partial charge in [-0.25, -0.2) is 0 Å². The van der Waals surface area contributed by atoms with E-state index in [-0.39, 0.29) is 6.04 Å². The van der Waals surface area contributed by atoms with Crippen LogP contribution in [0.25, 0.3) is 0 Å². The number of anilines is 1. The predicted molar refractivity (Wildman–Crippen MR) is 87.7 cm³/mol. The molecular weight excluding hydrogens is 368 g/mol. The Morgan fingerprint density at radius 1 is 1.00 bits per heavy atom. The minimum absolute atomic E-state index is 0.0312. The average Bonchev–Trinajstić information content (AvgIpc) is 2.35. The molecule has 0 aromatic heterocycles. The molecule has 5 heteroatoms. The van der Waals surface area contributed by atoms with Gasteiger partial charge in [-0.15, -0.1) is 0 Å². The van der Waals surface area contributed by atoms with Crippen molar-refractivity contribution in [1.82, 2.24) is 0 Å². The lowest BCUT2D eigenvalue weighted by molar-refractivity contribution is 0.884. The predicted octanol–water partition coefficient (Wildman–Crippen LogP) is 6.58. The number of nitrogens with one attached hydrogen (secondary N) is 1. The van der Waals surface area contributed by atoms with E-state index in [1.807, 2.05) is 31.2 Å². The highest BCUT2D eigenvalue weighted by molar-refractivity contribution is 9.10. The molecule has 1 unspecified atom stereocenters. The highest BCUT2D eigenvalue weighted by Gasteiger charge is 2.11. The van der Waals surface area contributed by atoms with Crippen LogP contribution in [0.3, 0.4) is 0 Å². The second kappa shape index (κ2) is 6.36. The fraction of sp³-hybridized carbons (Fsp3) is 0.143. The summed E-state index contributed by atoms with van der Waals surface area (Å²) in [5.74, 6) is 0. The molecule has 0 saturated heterocycles. The van der Waals surface area contributed by atoms with Crippen molar-refractivity contribution in [3.8, 4) is 0 Å². The molecule has 0 aliphatic carbocycles. The second-order valence-electron chi connectivity index (χ2n) is 4.16. The van der Waals surface area contributed by atoms with Gasteiger partial charge in [-0.2, -0.15) is 0 Å². The van der Waals surface area contributed by atoms with Crippen LogP contribution >= 0.6 is 50.7 Å². The highest BCUT2D eigenvalue weighted by Crippen LogP contribution is 2.32. The van der Waals surface area contributed by atoms with E-state index in [0.717, 1.165) is 15.7 Å². The zero-order valence-corrected chi connectivity index (χ0v) is 13.9. The maximum Gasteiger partial charge on any atom is 0.0501 e. The first kappa shape index (κ1) is 15.0. The number of rotatable bonds is 3. The third kappa shape index (κ3) is 3.79. The topological polar surface area (TPSA) is 12.0 Å². The lowest BCUT2D eigenvalue weighted by Gasteiger charge is -2.18. The first-order valence-corrected chi connectivity index (χ1v) is 7.56. The molecule has 1 nitrogen and oxygen atoms in total. The standard InChI is InChI=1S/C14H11BrCl3N/c1-8(11-6-9(16)2-4-13(11)18)19-14-5-3-10(17)7-12(14)15/h2-8,19H,1H3. The second-order valence-corrected chi connectivity index (χ2v) is 6.29. The molecule has 0 radical (unpaired) electrons. The lowest BCUT2D eigenvalue weighted by atomic mass is 10.1. The summed E-state index contributed by atoms with van der Waals surface area (Å²) in [6.45, 7) is 2.03. The van der Waals surface area contributed by atoms with Gasteiger partial charge < -0.3 is 5.32 Å². The Morgan fingerprint density at radius 3 is 2.32 bits per heavy atom. The van der Waals surface area contributed by atoms with E-state index >= 15 is 0 Å². The number of hydrogen-bond donors (Lipinski definition) is 1. The van der Waals surface area contributed by atoms with Crippen LogP contribution in [0, 0.1) is 0 Å². The molecule has 1 atom stereocenters. The van der Waals surface area contributed by atoms with Gasteiger partial charge in [0.05, 0.1) is 6.04 Å². The van der Waals surface area contributed by atoms with Gasteiger partial charge in [0.25, 0.3) is 0 Å². The van der Waals surface area contributed by atoms with Crippen molar-refractivity contribution >= 4 is 56.4 Å². The number of halogens is 4. The summed E-state index contributed by atoms with van der Waals surface area (Å²) >= 11 is 21.6. The largest absolute Gasteiger partial charge is 0.378 e. The van der Waals surface area contributed by atoms with Crippen molar-refractivity contribution < 1.29 is 0 Å². The van der Waals surface area contributed by atoms with Crippen molar-refractivity contribution in [2.75, 3.05) is 5.32 Å². The third-order valence-corrected chi connectivity index (χ3v) is 4.20. The van der Waals surface area contributed by atoms with Crippen LogP contribution in [0.15, 0.2) is 40.9 Å². The van der Waals surface area contributed by atoms with E-state index in [1.54, 1.807) is 12.1 Å². The molecule has 0 amide bonds. The van der Waals surface area contributed by atoms with Gasteiger partial charge >= 0.3 is 0 Å². The molecule has 1 N–H and O–H groups in total. The molecule has 2 rings (SSSR count). The Kier molecular flexibility index (Phi) is 5.02. The molecule has 19 heavy (non-hydrogen) atoms. The van der Waals surface area contributed by atoms with E-state index in [9.17, 15) is 0 Å². The number of benzene rings is 2. The quantitative estimate of drug-likeness (QED) is 0.635. The molecule has 0 spiro atoms. The van der Waals surface area contributed by atoms with Crippen molar-refractivity contribution in [3.05, 3.63) is 61.5 Å². The molecule has 0 aliphatic rings. The summed E-state index contributed by atoms with van der Waals surface area (Å²) in [6, 6.07) is 11.1. The monoisotopic (exact) mass is 377 g/mol. The summed E-state index contributed by atoms with van der Waals surface area (Å²) < 4.78 is 0.907. The van der Waals surface area contributed by atoms with Crippen molar-refractivity contribution in [2.45, 2.75) is 13.0 Å². The Balaban J connectivity index is 2.25. The molecule has 2 aromatic carbocycles. The summed E-state index contributed by atoms with van der Waals surface area (Å²) in [5.41, 5.74) is 1.91. The van der Waals surface area contributed by atoms with E-state index in [1.165, 1.54) is 0 Å². The Bertz CT molecular complexity index is 601.